The van der Waals surface area contributed by atoms with Crippen molar-refractivity contribution in [3.05, 3.63) is 125 Å². The van der Waals surface area contributed by atoms with Crippen LogP contribution in [0.4, 0.5) is 38.0 Å². The molecule has 1 fully saturated rings. The van der Waals surface area contributed by atoms with Gasteiger partial charge in [-0.25, -0.2) is 32.6 Å². The fraction of sp³-hybridized carbons (Fsp3) is 0.481. The summed E-state index contributed by atoms with van der Waals surface area (Å²) in [4.78, 5) is 185. The van der Waals surface area contributed by atoms with Gasteiger partial charge in [-0.1, -0.05) is 76.2 Å². The molecule has 12 amide bonds. The first-order valence-corrected chi connectivity index (χ1v) is 40.7. The lowest BCUT2D eigenvalue weighted by molar-refractivity contribution is -0.153. The lowest BCUT2D eigenvalue weighted by Gasteiger charge is -2.29. The van der Waals surface area contributed by atoms with Gasteiger partial charge < -0.3 is 96.0 Å². The summed E-state index contributed by atoms with van der Waals surface area (Å²) in [6.07, 6.45) is -3.76. The number of para-hydroxylation sites is 1. The molecular weight excluding hydrogens is 1580 g/mol. The summed E-state index contributed by atoms with van der Waals surface area (Å²) in [7, 11) is 0.316. The maximum absolute atomic E-state index is 16.5. The number of nitrogens with zero attached hydrogens (tertiary/aromatic N) is 7. The van der Waals surface area contributed by atoms with Crippen LogP contribution in [0.15, 0.2) is 102 Å². The van der Waals surface area contributed by atoms with Gasteiger partial charge in [-0.15, -0.1) is 0 Å². The van der Waals surface area contributed by atoms with Crippen LogP contribution in [0.3, 0.4) is 0 Å². The molecule has 22 N–H and O–H groups in total. The van der Waals surface area contributed by atoms with E-state index in [0.717, 1.165) is 39.9 Å². The maximum Gasteiger partial charge on any atom is 0.335 e. The van der Waals surface area contributed by atoms with Gasteiger partial charge in [0.1, 0.15) is 72.6 Å². The molecule has 39 nitrogen and oxygen atoms in total. The van der Waals surface area contributed by atoms with Crippen molar-refractivity contribution >= 4 is 121 Å². The number of aryl methyl sites for hydroxylation is 3. The predicted molar refractivity (Wildman–Crippen MR) is 441 cm³/mol. The van der Waals surface area contributed by atoms with E-state index in [1.54, 1.807) is 66.9 Å². The van der Waals surface area contributed by atoms with Crippen molar-refractivity contribution in [2.75, 3.05) is 61.5 Å². The summed E-state index contributed by atoms with van der Waals surface area (Å²) >= 11 is 0. The highest BCUT2D eigenvalue weighted by molar-refractivity contribution is 7.89. The Morgan fingerprint density at radius 1 is 0.667 bits per heavy atom. The number of fused-ring (bicyclic) bond motifs is 1. The van der Waals surface area contributed by atoms with E-state index in [2.05, 4.69) is 63.3 Å². The molecule has 0 spiro atoms. The number of hydrogen-bond donors (Lipinski definition) is 17. The van der Waals surface area contributed by atoms with Crippen LogP contribution >= 0.6 is 0 Å². The number of carbonyl (C=O) groups is 12. The maximum atomic E-state index is 16.5. The molecule has 3 heterocycles. The average molecular weight is 1690 g/mol. The zero-order chi connectivity index (χ0) is 88.7. The highest BCUT2D eigenvalue weighted by Crippen LogP contribution is 2.35. The number of amides is 12. The van der Waals surface area contributed by atoms with Crippen LogP contribution in [0, 0.1) is 37.4 Å². The van der Waals surface area contributed by atoms with Crippen molar-refractivity contribution in [2.24, 2.45) is 52.9 Å². The second-order valence-corrected chi connectivity index (χ2v) is 31.4. The van der Waals surface area contributed by atoms with Crippen molar-refractivity contribution in [1.29, 1.82) is 0 Å². The number of sulfonamides is 1. The number of aliphatic hydroxyl groups excluding tert-OH is 2. The van der Waals surface area contributed by atoms with Crippen molar-refractivity contribution in [1.82, 2.24) is 72.9 Å². The minimum atomic E-state index is -4.41. The van der Waals surface area contributed by atoms with E-state index < -0.39 is 191 Å². The standard InChI is InChI=1S/C79H111FN22O17S/c1-41(2)36-60-73(111)90-54(24-30-81)68(106)89-57(27-33-84)72(110)97-64(46(7)103)75(113)86-34-28-58(71(109)88-55(25-31-82)70(108)94-61(74(112)93-60)37-48-16-13-12-14-17-48)91-69(107)56(26-32-83)92-76(114)65(47(8)104)96-67(105)43(4)44(5)77(115)119-40-49-18-15-19-53(80)66(49)100(10)79(116)102(51-21-20-42(3)62(39-51)120(85,117)118)78-87-35-29-63(95-78)99(9)50-22-23-52-45(6)101(11)98-59(52)38-50/h12-23,29,35,38-39,41,43-44,46-47,54-58,60-61,64-65,103-104H,24-28,30-34,36-37,40,81-84H2,1-11H3,(H,86,113)(H,88,109)(H,89,106)(H,90,111)(H,91,107)(H,92,114)(H,93,112)(H,94,108)(H,96,105)(H,97,110)(H2,85,117,118)/t43?,44?,46-,47-,54+,55+,56+,57+,58+,60+,61-,64+,65+/m1/s1. The smallest absolute Gasteiger partial charge is 0.335 e. The number of ether oxygens (including phenoxy) is 1. The molecule has 6 aromatic rings. The molecule has 120 heavy (non-hydrogen) atoms. The predicted octanol–water partition coefficient (Wildman–Crippen LogP) is -1.43. The lowest BCUT2D eigenvalue weighted by Crippen LogP contribution is -2.61. The molecular formula is C79H111FN22O17S. The van der Waals surface area contributed by atoms with Crippen molar-refractivity contribution < 1.29 is 85.3 Å². The Hall–Kier alpha value is -11.7. The zero-order valence-electron chi connectivity index (χ0n) is 68.8. The first-order chi connectivity index (χ1) is 56.7. The van der Waals surface area contributed by atoms with Gasteiger partial charge in [0.25, 0.3) is 0 Å². The number of anilines is 5. The SMILES string of the molecule is Cc1ccc(N(C(=O)N(C)c2c(F)cccc2COC(=O)C(C)C(C)C(=O)N[C@H](C(=O)N[C@@H](CCN)C(=O)N[C@H]2CCNC(=O)[C@H]([C@@H](C)O)NC(=O)[C@H](CCN)NC(=O)[C@H](CCN)NC(=O)[C@H](CC(C)C)NC(=O)[C@@H](Cc3ccccc3)NC(=O)[C@H](CCN)NC2=O)[C@@H](C)O)c2nccc(N(C)c3ccc4c(C)n(C)nc4c3)n2)cc1S(N)(=O)=O. The molecule has 13 atom stereocenters. The van der Waals surface area contributed by atoms with Gasteiger partial charge >= 0.3 is 12.0 Å². The molecule has 2 unspecified atom stereocenters. The molecule has 1 aliphatic rings. The van der Waals surface area contributed by atoms with E-state index in [1.165, 1.54) is 65.2 Å². The molecule has 2 aromatic heterocycles. The van der Waals surface area contributed by atoms with Gasteiger partial charge in [0.05, 0.1) is 39.9 Å². The summed E-state index contributed by atoms with van der Waals surface area (Å²) in [6, 6.07) is 7.77. The van der Waals surface area contributed by atoms with Crippen LogP contribution in [0.2, 0.25) is 0 Å². The number of nitrogens with one attached hydrogen (secondary N) is 10. The summed E-state index contributed by atoms with van der Waals surface area (Å²) in [6.45, 7) is 9.67. The molecule has 0 aliphatic carbocycles. The van der Waals surface area contributed by atoms with Crippen molar-refractivity contribution in [3.8, 4) is 0 Å². The van der Waals surface area contributed by atoms with Gasteiger partial charge in [-0.2, -0.15) is 10.1 Å². The van der Waals surface area contributed by atoms with E-state index >= 15 is 9.18 Å². The molecule has 652 valence electrons. The van der Waals surface area contributed by atoms with E-state index in [9.17, 15) is 71.4 Å². The molecule has 0 saturated carbocycles. The fourth-order valence-corrected chi connectivity index (χ4v) is 13.9. The van der Waals surface area contributed by atoms with Crippen LogP contribution in [0.25, 0.3) is 10.9 Å². The zero-order valence-corrected chi connectivity index (χ0v) is 69.7. The first kappa shape index (κ1) is 95.4. The van der Waals surface area contributed by atoms with Crippen LogP contribution in [0.5, 0.6) is 0 Å². The molecule has 4 aromatic carbocycles. The molecule has 1 aliphatic heterocycles. The molecule has 41 heteroatoms. The number of primary sulfonamides is 1. The first-order valence-electron chi connectivity index (χ1n) is 39.1. The van der Waals surface area contributed by atoms with E-state index in [1.807, 2.05) is 32.2 Å². The summed E-state index contributed by atoms with van der Waals surface area (Å²) < 4.78 is 49.8. The van der Waals surface area contributed by atoms with E-state index in [4.69, 9.17) is 37.8 Å². The van der Waals surface area contributed by atoms with Gasteiger partial charge in [0.2, 0.25) is 75.0 Å². The lowest BCUT2D eigenvalue weighted by atomic mass is 9.94. The highest BCUT2D eigenvalue weighted by atomic mass is 32.2. The average Bonchev–Trinajstić information content (AvgIpc) is 1.57. The van der Waals surface area contributed by atoms with Crippen LogP contribution < -0.4 is 95.9 Å². The summed E-state index contributed by atoms with van der Waals surface area (Å²) in [5, 5.41) is 58.5. The van der Waals surface area contributed by atoms with E-state index in [0.29, 0.717) is 16.8 Å². The number of rotatable bonds is 30. The Kier molecular flexibility index (Phi) is 34.8. The Bertz CT molecular complexity index is 4790. The van der Waals surface area contributed by atoms with Crippen molar-refractivity contribution in [2.45, 2.75) is 178 Å². The minimum Gasteiger partial charge on any atom is -0.461 e. The number of carbonyl (C=O) groups excluding carboxylic acids is 12. The van der Waals surface area contributed by atoms with Gasteiger partial charge in [0, 0.05) is 68.6 Å². The Morgan fingerprint density at radius 2 is 1.25 bits per heavy atom. The summed E-state index contributed by atoms with van der Waals surface area (Å²) in [5.41, 5.74) is 26.2. The van der Waals surface area contributed by atoms with Crippen LogP contribution in [0.1, 0.15) is 102 Å². The number of halogens is 1. The largest absolute Gasteiger partial charge is 0.461 e. The fourth-order valence-electron chi connectivity index (χ4n) is 13.1. The Morgan fingerprint density at radius 3 is 1.84 bits per heavy atom. The third kappa shape index (κ3) is 25.4. The Balaban J connectivity index is 1.10. The van der Waals surface area contributed by atoms with Gasteiger partial charge in [-0.05, 0) is 152 Å². The van der Waals surface area contributed by atoms with E-state index in [-0.39, 0.29) is 104 Å². The van der Waals surface area contributed by atoms with Gasteiger partial charge in [0.15, 0.2) is 0 Å². The molecule has 0 bridgehead atoms. The third-order valence-corrected chi connectivity index (χ3v) is 21.4. The van der Waals surface area contributed by atoms with Crippen LogP contribution in [-0.4, -0.2) is 223 Å². The number of nitrogens with two attached hydrogens (primary N) is 5. The molecule has 7 rings (SSSR count). The minimum absolute atomic E-state index is 0.00513. The molecule has 1 saturated heterocycles. The number of aliphatic hydroxyl groups is 2. The number of esters is 1. The van der Waals surface area contributed by atoms with Crippen LogP contribution in [-0.2, 0) is 87.6 Å². The Labute approximate surface area is 694 Å². The monoisotopic (exact) mass is 1690 g/mol. The summed E-state index contributed by atoms with van der Waals surface area (Å²) in [5.74, 6) is -15.1. The second-order valence-electron chi connectivity index (χ2n) is 29.9. The molecule has 0 radical (unpaired) electrons. The topological polar surface area (TPSA) is 592 Å². The third-order valence-electron chi connectivity index (χ3n) is 20.3. The number of urea groups is 1. The normalized spacial score (nSPS) is 19.7. The number of hydrogen-bond acceptors (Lipinski definition) is 25. The van der Waals surface area contributed by atoms with Crippen molar-refractivity contribution in [3.63, 3.8) is 0 Å². The highest BCUT2D eigenvalue weighted by Gasteiger charge is 2.40. The number of benzene rings is 4. The second kappa shape index (κ2) is 43.8. The van der Waals surface area contributed by atoms with Gasteiger partial charge in [-0.3, -0.25) is 62.3 Å². The quantitative estimate of drug-likeness (QED) is 0.0230. The number of aromatic nitrogens is 4.